The number of rotatable bonds is 7. The van der Waals surface area contributed by atoms with Gasteiger partial charge in [-0.05, 0) is 35.4 Å². The number of ether oxygens (including phenoxy) is 1. The minimum absolute atomic E-state index is 0.230. The van der Waals surface area contributed by atoms with Crippen molar-refractivity contribution < 1.29 is 9.84 Å². The number of nitrogens with zero attached hydrogens (tertiary/aromatic N) is 1. The van der Waals surface area contributed by atoms with E-state index < -0.39 is 0 Å². The van der Waals surface area contributed by atoms with Crippen LogP contribution in [0.15, 0.2) is 48.8 Å². The minimum atomic E-state index is -0.230. The predicted octanol–water partition coefficient (Wildman–Crippen LogP) is 1.33. The number of hydrogen-bond acceptors (Lipinski definition) is 5. The molecule has 1 fully saturated rings. The molecule has 1 aliphatic heterocycles. The molecule has 2 unspecified atom stereocenters. The molecule has 0 amide bonds. The second kappa shape index (κ2) is 8.06. The van der Waals surface area contributed by atoms with Crippen LogP contribution in [0.25, 0.3) is 0 Å². The van der Waals surface area contributed by atoms with Crippen LogP contribution in [0.3, 0.4) is 0 Å². The maximum absolute atomic E-state index is 9.75. The number of pyridine rings is 1. The second-order valence-electron chi connectivity index (χ2n) is 5.90. The first-order chi connectivity index (χ1) is 11.3. The summed E-state index contributed by atoms with van der Waals surface area (Å²) in [5.41, 5.74) is 2.32. The normalized spacial score (nSPS) is 20.6. The summed E-state index contributed by atoms with van der Waals surface area (Å²) in [7, 11) is 0. The molecule has 0 radical (unpaired) electrons. The number of hydrogen-bond donors (Lipinski definition) is 3. The summed E-state index contributed by atoms with van der Waals surface area (Å²) < 4.78 is 5.76. The van der Waals surface area contributed by atoms with E-state index in [9.17, 15) is 5.11 Å². The lowest BCUT2D eigenvalue weighted by Crippen LogP contribution is -2.30. The molecule has 5 nitrogen and oxygen atoms in total. The smallest absolute Gasteiger partial charge is 0.119 e. The van der Waals surface area contributed by atoms with Crippen molar-refractivity contribution in [2.45, 2.75) is 19.3 Å². The van der Waals surface area contributed by atoms with Gasteiger partial charge in [-0.15, -0.1) is 0 Å². The summed E-state index contributed by atoms with van der Waals surface area (Å²) in [5, 5.41) is 16.4. The molecular formula is C18H23N3O2. The highest BCUT2D eigenvalue weighted by molar-refractivity contribution is 5.27. The Morgan fingerprint density at radius 2 is 1.87 bits per heavy atom. The average molecular weight is 313 g/mol. The lowest BCUT2D eigenvalue weighted by molar-refractivity contribution is 0.146. The van der Waals surface area contributed by atoms with Gasteiger partial charge in [0.25, 0.3) is 0 Å². The van der Waals surface area contributed by atoms with Crippen molar-refractivity contribution in [1.82, 2.24) is 15.6 Å². The van der Waals surface area contributed by atoms with Gasteiger partial charge in [-0.2, -0.15) is 0 Å². The molecule has 2 heterocycles. The molecule has 3 N–H and O–H groups in total. The fourth-order valence-corrected chi connectivity index (χ4v) is 2.68. The number of aromatic nitrogens is 1. The van der Waals surface area contributed by atoms with E-state index >= 15 is 0 Å². The highest BCUT2D eigenvalue weighted by atomic mass is 16.5. The molecule has 1 aromatic carbocycles. The maximum atomic E-state index is 9.75. The Morgan fingerprint density at radius 3 is 2.57 bits per heavy atom. The van der Waals surface area contributed by atoms with E-state index in [1.807, 2.05) is 24.3 Å². The van der Waals surface area contributed by atoms with Crippen LogP contribution >= 0.6 is 0 Å². The van der Waals surface area contributed by atoms with Gasteiger partial charge in [-0.3, -0.25) is 4.98 Å². The molecule has 122 valence electrons. The highest BCUT2D eigenvalue weighted by Gasteiger charge is 2.23. The van der Waals surface area contributed by atoms with Gasteiger partial charge in [0.1, 0.15) is 12.4 Å². The summed E-state index contributed by atoms with van der Waals surface area (Å²) in [6.07, 6.45) is 3.31. The molecule has 0 spiro atoms. The van der Waals surface area contributed by atoms with Crippen LogP contribution in [0.2, 0.25) is 0 Å². The van der Waals surface area contributed by atoms with Gasteiger partial charge < -0.3 is 20.5 Å². The van der Waals surface area contributed by atoms with Crippen LogP contribution in [0.4, 0.5) is 0 Å². The van der Waals surface area contributed by atoms with Crippen molar-refractivity contribution in [2.75, 3.05) is 19.6 Å². The van der Waals surface area contributed by atoms with Gasteiger partial charge in [0.2, 0.25) is 0 Å². The van der Waals surface area contributed by atoms with Crippen LogP contribution in [0.1, 0.15) is 11.1 Å². The van der Waals surface area contributed by atoms with Gasteiger partial charge in [0.15, 0.2) is 0 Å². The molecule has 1 aliphatic rings. The monoisotopic (exact) mass is 313 g/mol. The van der Waals surface area contributed by atoms with Crippen LogP contribution in [-0.2, 0) is 13.2 Å². The zero-order valence-corrected chi connectivity index (χ0v) is 13.1. The van der Waals surface area contributed by atoms with Gasteiger partial charge in [0.05, 0.1) is 6.10 Å². The first-order valence-electron chi connectivity index (χ1n) is 8.01. The number of aliphatic hydroxyl groups excluding tert-OH is 1. The van der Waals surface area contributed by atoms with Crippen molar-refractivity contribution in [3.8, 4) is 5.75 Å². The topological polar surface area (TPSA) is 66.4 Å². The van der Waals surface area contributed by atoms with Gasteiger partial charge in [-0.25, -0.2) is 0 Å². The van der Waals surface area contributed by atoms with Crippen molar-refractivity contribution in [2.24, 2.45) is 5.92 Å². The molecular weight excluding hydrogens is 290 g/mol. The predicted molar refractivity (Wildman–Crippen MR) is 89.1 cm³/mol. The lowest BCUT2D eigenvalue weighted by atomic mass is 10.1. The number of β-amino-alcohol motifs (C(OH)–C–C–N with tert-alkyl or cyclic N) is 1. The van der Waals surface area contributed by atoms with E-state index in [0.717, 1.165) is 30.9 Å². The van der Waals surface area contributed by atoms with E-state index in [2.05, 4.69) is 27.8 Å². The van der Waals surface area contributed by atoms with Crippen molar-refractivity contribution in [3.05, 3.63) is 59.9 Å². The van der Waals surface area contributed by atoms with Crippen molar-refractivity contribution in [1.29, 1.82) is 0 Å². The van der Waals surface area contributed by atoms with Crippen molar-refractivity contribution in [3.63, 3.8) is 0 Å². The fraction of sp³-hybridized carbons (Fsp3) is 0.389. The standard InChI is InChI=1S/C18H23N3O2/c22-18-12-21-11-16(18)10-20-9-14-1-3-17(4-2-14)23-13-15-5-7-19-8-6-15/h1-8,16,18,20-22H,9-13H2. The Kier molecular flexibility index (Phi) is 5.58. The zero-order chi connectivity index (χ0) is 15.9. The number of aliphatic hydroxyl groups is 1. The molecule has 0 bridgehead atoms. The first kappa shape index (κ1) is 15.9. The Bertz CT molecular complexity index is 589. The van der Waals surface area contributed by atoms with E-state index in [0.29, 0.717) is 19.1 Å². The molecule has 23 heavy (non-hydrogen) atoms. The number of benzene rings is 1. The summed E-state index contributed by atoms with van der Waals surface area (Å²) in [5.74, 6) is 1.17. The second-order valence-corrected chi connectivity index (χ2v) is 5.90. The summed E-state index contributed by atoms with van der Waals surface area (Å²) in [4.78, 5) is 3.99. The zero-order valence-electron chi connectivity index (χ0n) is 13.1. The maximum Gasteiger partial charge on any atom is 0.119 e. The van der Waals surface area contributed by atoms with Gasteiger partial charge in [-0.1, -0.05) is 12.1 Å². The third-order valence-corrected chi connectivity index (χ3v) is 4.12. The average Bonchev–Trinajstić information content (AvgIpc) is 3.00. The molecule has 5 heteroatoms. The Morgan fingerprint density at radius 1 is 1.09 bits per heavy atom. The van der Waals surface area contributed by atoms with Crippen LogP contribution in [0.5, 0.6) is 5.75 Å². The van der Waals surface area contributed by atoms with Gasteiger partial charge >= 0.3 is 0 Å². The molecule has 1 aromatic heterocycles. The van der Waals surface area contributed by atoms with E-state index in [4.69, 9.17) is 4.74 Å². The first-order valence-corrected chi connectivity index (χ1v) is 8.01. The number of nitrogens with one attached hydrogen (secondary N) is 2. The molecule has 1 saturated heterocycles. The third kappa shape index (κ3) is 4.76. The minimum Gasteiger partial charge on any atom is -0.489 e. The fourth-order valence-electron chi connectivity index (χ4n) is 2.68. The summed E-state index contributed by atoms with van der Waals surface area (Å²) >= 11 is 0. The Labute approximate surface area is 136 Å². The van der Waals surface area contributed by atoms with E-state index in [1.54, 1.807) is 12.4 Å². The SMILES string of the molecule is OC1CNCC1CNCc1ccc(OCc2ccncc2)cc1. The lowest BCUT2D eigenvalue weighted by Gasteiger charge is -2.14. The highest BCUT2D eigenvalue weighted by Crippen LogP contribution is 2.14. The molecule has 2 atom stereocenters. The molecule has 2 aromatic rings. The van der Waals surface area contributed by atoms with E-state index in [-0.39, 0.29) is 6.10 Å². The van der Waals surface area contributed by atoms with Crippen LogP contribution in [-0.4, -0.2) is 35.8 Å². The third-order valence-electron chi connectivity index (χ3n) is 4.12. The Balaban J connectivity index is 1.42. The van der Waals surface area contributed by atoms with Crippen LogP contribution < -0.4 is 15.4 Å². The summed E-state index contributed by atoms with van der Waals surface area (Å²) in [6, 6.07) is 12.0. The van der Waals surface area contributed by atoms with Crippen LogP contribution in [0, 0.1) is 5.92 Å². The molecule has 0 aliphatic carbocycles. The Hall–Kier alpha value is -1.95. The van der Waals surface area contributed by atoms with Crippen molar-refractivity contribution >= 4 is 0 Å². The van der Waals surface area contributed by atoms with Gasteiger partial charge in [0, 0.05) is 44.5 Å². The largest absolute Gasteiger partial charge is 0.489 e. The van der Waals surface area contributed by atoms with E-state index in [1.165, 1.54) is 5.56 Å². The quantitative estimate of drug-likeness (QED) is 0.720. The molecule has 3 rings (SSSR count). The summed E-state index contributed by atoms with van der Waals surface area (Å²) in [6.45, 7) is 3.76. The molecule has 0 saturated carbocycles.